The van der Waals surface area contributed by atoms with Crippen molar-refractivity contribution < 1.29 is 14.4 Å². The quantitative estimate of drug-likeness (QED) is 0.842. The lowest BCUT2D eigenvalue weighted by Gasteiger charge is -2.13. The van der Waals surface area contributed by atoms with Crippen molar-refractivity contribution in [3.63, 3.8) is 0 Å². The van der Waals surface area contributed by atoms with E-state index in [0.29, 0.717) is 28.8 Å². The number of amides is 3. The van der Waals surface area contributed by atoms with Crippen LogP contribution in [0.15, 0.2) is 42.5 Å². The molecular formula is C20H17N3O3. The lowest BCUT2D eigenvalue weighted by atomic mass is 10.1. The molecule has 26 heavy (non-hydrogen) atoms. The van der Waals surface area contributed by atoms with Crippen LogP contribution in [-0.2, 0) is 4.79 Å². The van der Waals surface area contributed by atoms with Crippen LogP contribution in [0.25, 0.3) is 0 Å². The van der Waals surface area contributed by atoms with Crippen molar-refractivity contribution in [2.45, 2.75) is 19.8 Å². The Morgan fingerprint density at radius 1 is 1.08 bits per heavy atom. The normalized spacial score (nSPS) is 12.7. The molecule has 0 aliphatic carbocycles. The summed E-state index contributed by atoms with van der Waals surface area (Å²) >= 11 is 0. The molecule has 130 valence electrons. The maximum atomic E-state index is 12.4. The molecule has 0 radical (unpaired) electrons. The van der Waals surface area contributed by atoms with E-state index in [0.717, 1.165) is 5.56 Å². The molecule has 2 aromatic rings. The average Bonchev–Trinajstić information content (AvgIpc) is 2.86. The molecule has 0 bridgehead atoms. The highest BCUT2D eigenvalue weighted by Gasteiger charge is 2.34. The van der Waals surface area contributed by atoms with Crippen LogP contribution in [0.1, 0.15) is 44.7 Å². The van der Waals surface area contributed by atoms with E-state index in [4.69, 9.17) is 5.26 Å². The second-order valence-electron chi connectivity index (χ2n) is 6.15. The summed E-state index contributed by atoms with van der Waals surface area (Å²) in [4.78, 5) is 37.9. The number of benzene rings is 2. The highest BCUT2D eigenvalue weighted by Crippen LogP contribution is 2.24. The van der Waals surface area contributed by atoms with E-state index in [1.807, 2.05) is 13.0 Å². The smallest absolute Gasteiger partial charge is 0.261 e. The number of carbonyl (C=O) groups excluding carboxylic acids is 3. The molecule has 0 atom stereocenters. The van der Waals surface area contributed by atoms with Crippen molar-refractivity contribution in [3.8, 4) is 6.07 Å². The molecule has 1 N–H and O–H groups in total. The summed E-state index contributed by atoms with van der Waals surface area (Å²) in [6.45, 7) is 2.07. The maximum absolute atomic E-state index is 12.4. The van der Waals surface area contributed by atoms with Crippen LogP contribution in [-0.4, -0.2) is 29.2 Å². The number of hydrogen-bond acceptors (Lipinski definition) is 4. The van der Waals surface area contributed by atoms with Gasteiger partial charge in [0.1, 0.15) is 0 Å². The molecule has 0 saturated heterocycles. The zero-order valence-electron chi connectivity index (χ0n) is 14.3. The Hall–Kier alpha value is -3.46. The van der Waals surface area contributed by atoms with Gasteiger partial charge in [-0.15, -0.1) is 0 Å². The molecule has 1 aliphatic rings. The monoisotopic (exact) mass is 347 g/mol. The summed E-state index contributed by atoms with van der Waals surface area (Å²) in [6, 6.07) is 13.8. The minimum Gasteiger partial charge on any atom is -0.326 e. The van der Waals surface area contributed by atoms with Crippen molar-refractivity contribution in [1.82, 2.24) is 4.90 Å². The van der Waals surface area contributed by atoms with Gasteiger partial charge in [0.15, 0.2) is 0 Å². The summed E-state index contributed by atoms with van der Waals surface area (Å²) in [5.74, 6) is -0.819. The van der Waals surface area contributed by atoms with E-state index >= 15 is 0 Å². The third-order valence-electron chi connectivity index (χ3n) is 4.21. The summed E-state index contributed by atoms with van der Waals surface area (Å²) in [5.41, 5.74) is 2.89. The molecule has 1 aliphatic heterocycles. The average molecular weight is 347 g/mol. The number of nitrogens with one attached hydrogen (secondary N) is 1. The van der Waals surface area contributed by atoms with Gasteiger partial charge in [-0.25, -0.2) is 0 Å². The molecule has 0 aromatic heterocycles. The van der Waals surface area contributed by atoms with Crippen molar-refractivity contribution in [3.05, 3.63) is 64.7 Å². The van der Waals surface area contributed by atoms with Crippen LogP contribution >= 0.6 is 0 Å². The molecule has 6 heteroatoms. The van der Waals surface area contributed by atoms with Gasteiger partial charge in [0, 0.05) is 18.7 Å². The summed E-state index contributed by atoms with van der Waals surface area (Å²) in [5, 5.41) is 11.5. The van der Waals surface area contributed by atoms with Crippen LogP contribution in [0, 0.1) is 18.3 Å². The molecule has 0 saturated carbocycles. The number of rotatable bonds is 5. The largest absolute Gasteiger partial charge is 0.326 e. The number of imide groups is 1. The molecule has 2 aromatic carbocycles. The van der Waals surface area contributed by atoms with E-state index in [1.165, 1.54) is 4.90 Å². The minimum atomic E-state index is -0.308. The van der Waals surface area contributed by atoms with Crippen LogP contribution in [0.2, 0.25) is 0 Å². The van der Waals surface area contributed by atoms with Gasteiger partial charge in [-0.3, -0.25) is 19.3 Å². The maximum Gasteiger partial charge on any atom is 0.261 e. The number of anilines is 1. The molecule has 0 spiro atoms. The zero-order chi connectivity index (χ0) is 18.7. The highest BCUT2D eigenvalue weighted by molar-refractivity contribution is 6.21. The standard InChI is InChI=1S/C20H17N3O3/c1-13-4-9-16-17(11-13)20(26)23(19(16)25)10-2-3-18(24)22-15-7-5-14(12-21)6-8-15/h4-9,11H,2-3,10H2,1H3,(H,22,24). The number of carbonyl (C=O) groups is 3. The predicted octanol–water partition coefficient (Wildman–Crippen LogP) is 2.88. The minimum absolute atomic E-state index is 0.187. The van der Waals surface area contributed by atoms with Gasteiger partial charge in [-0.05, 0) is 49.7 Å². The molecule has 3 rings (SSSR count). The fourth-order valence-electron chi connectivity index (χ4n) is 2.86. The van der Waals surface area contributed by atoms with E-state index in [1.54, 1.807) is 42.5 Å². The van der Waals surface area contributed by atoms with Crippen LogP contribution in [0.3, 0.4) is 0 Å². The van der Waals surface area contributed by atoms with Gasteiger partial charge >= 0.3 is 0 Å². The van der Waals surface area contributed by atoms with E-state index < -0.39 is 0 Å². The van der Waals surface area contributed by atoms with Gasteiger partial charge < -0.3 is 5.32 Å². The van der Waals surface area contributed by atoms with Crippen molar-refractivity contribution in [1.29, 1.82) is 5.26 Å². The Kier molecular flexibility index (Phi) is 4.81. The molecule has 6 nitrogen and oxygen atoms in total. The Bertz CT molecular complexity index is 926. The first kappa shape index (κ1) is 17.4. The van der Waals surface area contributed by atoms with Gasteiger partial charge in [0.05, 0.1) is 22.8 Å². The van der Waals surface area contributed by atoms with Gasteiger partial charge in [0.25, 0.3) is 11.8 Å². The molecule has 0 unspecified atom stereocenters. The first-order valence-electron chi connectivity index (χ1n) is 8.26. The van der Waals surface area contributed by atoms with E-state index in [-0.39, 0.29) is 30.7 Å². The van der Waals surface area contributed by atoms with Crippen LogP contribution < -0.4 is 5.32 Å². The Labute approximate surface area is 151 Å². The van der Waals surface area contributed by atoms with Gasteiger partial charge in [-0.2, -0.15) is 5.26 Å². The van der Waals surface area contributed by atoms with Gasteiger partial charge in [0.2, 0.25) is 5.91 Å². The summed E-state index contributed by atoms with van der Waals surface area (Å²) in [7, 11) is 0. The zero-order valence-corrected chi connectivity index (χ0v) is 14.3. The Morgan fingerprint density at radius 3 is 2.46 bits per heavy atom. The van der Waals surface area contributed by atoms with Gasteiger partial charge in [-0.1, -0.05) is 11.6 Å². The van der Waals surface area contributed by atoms with Crippen LogP contribution in [0.5, 0.6) is 0 Å². The topological polar surface area (TPSA) is 90.3 Å². The van der Waals surface area contributed by atoms with Crippen molar-refractivity contribution in [2.24, 2.45) is 0 Å². The number of hydrogen-bond donors (Lipinski definition) is 1. The second-order valence-corrected chi connectivity index (χ2v) is 6.15. The molecule has 3 amide bonds. The van der Waals surface area contributed by atoms with Crippen molar-refractivity contribution in [2.75, 3.05) is 11.9 Å². The first-order chi connectivity index (χ1) is 12.5. The summed E-state index contributed by atoms with van der Waals surface area (Å²) < 4.78 is 0. The fourth-order valence-corrected chi connectivity index (χ4v) is 2.86. The number of nitriles is 1. The highest BCUT2D eigenvalue weighted by atomic mass is 16.2. The number of aryl methyl sites for hydroxylation is 1. The molecule has 0 fully saturated rings. The lowest BCUT2D eigenvalue weighted by Crippen LogP contribution is -2.31. The number of nitrogens with zero attached hydrogens (tertiary/aromatic N) is 2. The third-order valence-corrected chi connectivity index (χ3v) is 4.21. The van der Waals surface area contributed by atoms with Crippen LogP contribution in [0.4, 0.5) is 5.69 Å². The first-order valence-corrected chi connectivity index (χ1v) is 8.26. The number of fused-ring (bicyclic) bond motifs is 1. The molecular weight excluding hydrogens is 330 g/mol. The SMILES string of the molecule is Cc1ccc2c(c1)C(=O)N(CCCC(=O)Nc1ccc(C#N)cc1)C2=O. The Morgan fingerprint density at radius 2 is 1.77 bits per heavy atom. The second kappa shape index (κ2) is 7.19. The predicted molar refractivity (Wildman–Crippen MR) is 95.6 cm³/mol. The van der Waals surface area contributed by atoms with E-state index in [9.17, 15) is 14.4 Å². The van der Waals surface area contributed by atoms with E-state index in [2.05, 4.69) is 5.32 Å². The molecule has 1 heterocycles. The summed E-state index contributed by atoms with van der Waals surface area (Å²) in [6.07, 6.45) is 0.568. The third kappa shape index (κ3) is 3.47. The van der Waals surface area contributed by atoms with Crippen molar-refractivity contribution >= 4 is 23.4 Å². The fraction of sp³-hybridized carbons (Fsp3) is 0.200. The Balaban J connectivity index is 1.53. The lowest BCUT2D eigenvalue weighted by molar-refractivity contribution is -0.116.